The van der Waals surface area contributed by atoms with Crippen LogP contribution in [0.5, 0.6) is 11.5 Å². The Bertz CT molecular complexity index is 1740. The number of nitrogens with one attached hydrogen (secondary N) is 1. The van der Waals surface area contributed by atoms with Crippen molar-refractivity contribution < 1.29 is 14.3 Å². The number of nitrogens with zero attached hydrogens (tertiary/aromatic N) is 3. The Morgan fingerprint density at radius 2 is 1.88 bits per heavy atom. The minimum atomic E-state index is -0.484. The fraction of sp³-hybridized carbons (Fsp3) is 0.281. The normalized spacial score (nSPS) is 17.3. The van der Waals surface area contributed by atoms with Gasteiger partial charge in [0, 0.05) is 32.9 Å². The lowest BCUT2D eigenvalue weighted by Crippen LogP contribution is -2.36. The molecule has 0 saturated carbocycles. The first-order valence-corrected chi connectivity index (χ1v) is 16.7. The van der Waals surface area contributed by atoms with Gasteiger partial charge in [-0.3, -0.25) is 4.79 Å². The number of thioether (sulfide) groups is 1. The van der Waals surface area contributed by atoms with Gasteiger partial charge in [0.2, 0.25) is 11.1 Å². The number of fused-ring (bicyclic) bond motifs is 1. The van der Waals surface area contributed by atoms with Crippen molar-refractivity contribution >= 4 is 67.0 Å². The topological polar surface area (TPSA) is 78.3 Å². The highest BCUT2D eigenvalue weighted by Gasteiger charge is 2.42. The highest BCUT2D eigenvalue weighted by atomic mass is 79.9. The Morgan fingerprint density at radius 3 is 2.63 bits per heavy atom. The van der Waals surface area contributed by atoms with Crippen molar-refractivity contribution in [1.29, 1.82) is 0 Å². The van der Waals surface area contributed by atoms with Crippen molar-refractivity contribution in [2.24, 2.45) is 5.41 Å². The van der Waals surface area contributed by atoms with E-state index in [4.69, 9.17) is 31.2 Å². The van der Waals surface area contributed by atoms with E-state index in [2.05, 4.69) is 51.0 Å². The number of ketones is 1. The van der Waals surface area contributed by atoms with Crippen LogP contribution in [0.4, 0.5) is 5.95 Å². The number of ether oxygens (including phenoxy) is 2. The Morgan fingerprint density at radius 1 is 1.12 bits per heavy atom. The summed E-state index contributed by atoms with van der Waals surface area (Å²) in [6, 6.07) is 19.2. The Kier molecular flexibility index (Phi) is 8.65. The molecule has 1 N–H and O–H groups in total. The van der Waals surface area contributed by atoms with Gasteiger partial charge in [0.05, 0.1) is 11.6 Å². The molecule has 0 saturated heterocycles. The summed E-state index contributed by atoms with van der Waals surface area (Å²) in [7, 11) is 1.61. The maximum Gasteiger partial charge on any atom is 0.227 e. The van der Waals surface area contributed by atoms with Gasteiger partial charge < -0.3 is 14.8 Å². The molecule has 43 heavy (non-hydrogen) atoms. The molecule has 0 amide bonds. The van der Waals surface area contributed by atoms with Crippen molar-refractivity contribution in [3.8, 4) is 11.5 Å². The van der Waals surface area contributed by atoms with Crippen LogP contribution >= 0.6 is 55.2 Å². The number of allylic oxidation sites excluding steroid dienone is 2. The number of carbonyl (C=O) groups is 1. The number of halogens is 3. The van der Waals surface area contributed by atoms with Crippen LogP contribution in [0.3, 0.4) is 0 Å². The molecule has 0 radical (unpaired) electrons. The third-order valence-electron chi connectivity index (χ3n) is 7.49. The lowest BCUT2D eigenvalue weighted by Gasteiger charge is -2.38. The molecule has 0 spiro atoms. The molecule has 222 valence electrons. The second-order valence-electron chi connectivity index (χ2n) is 11.4. The second-order valence-corrected chi connectivity index (χ2v) is 14.5. The first kappa shape index (κ1) is 30.2. The summed E-state index contributed by atoms with van der Waals surface area (Å²) in [5, 5.41) is 9.64. The standard InChI is InChI=1S/C32H29Br2ClN4O3S/c1-32(2)14-24-27(25(40)15-32)28(39-30(36-24)37-31(38-39)43-17-19-6-4-5-7-23(19)35)20-12-22(34)29(26(13-20)41-3)42-16-18-8-10-21(33)11-9-18/h4-13,28H,14-17H2,1-3H3,(H,36,37,38). The van der Waals surface area contributed by atoms with Crippen molar-refractivity contribution in [2.45, 2.75) is 50.2 Å². The first-order chi connectivity index (χ1) is 20.6. The molecular formula is C32H29Br2ClN4O3S. The van der Waals surface area contributed by atoms with Crippen LogP contribution < -0.4 is 14.8 Å². The molecule has 2 aliphatic rings. The summed E-state index contributed by atoms with van der Waals surface area (Å²) in [5.41, 5.74) is 4.30. The van der Waals surface area contributed by atoms with E-state index in [1.807, 2.05) is 65.3 Å². The number of carbonyl (C=O) groups excluding carboxylic acids is 1. The van der Waals surface area contributed by atoms with Crippen LogP contribution in [0.25, 0.3) is 0 Å². The number of Topliss-reactive ketones (excluding diaryl/α,β-unsaturated/α-hetero) is 1. The summed E-state index contributed by atoms with van der Waals surface area (Å²) in [5.74, 6) is 2.46. The number of aromatic nitrogens is 3. The Balaban J connectivity index is 1.37. The first-order valence-electron chi connectivity index (χ1n) is 13.7. The van der Waals surface area contributed by atoms with Crippen LogP contribution in [0.1, 0.15) is 49.4 Å². The average molecular weight is 745 g/mol. The monoisotopic (exact) mass is 742 g/mol. The third kappa shape index (κ3) is 6.38. The average Bonchev–Trinajstić information content (AvgIpc) is 3.37. The summed E-state index contributed by atoms with van der Waals surface area (Å²) in [6.07, 6.45) is 1.18. The number of hydrogen-bond donors (Lipinski definition) is 1. The summed E-state index contributed by atoms with van der Waals surface area (Å²) in [6.45, 7) is 4.61. The van der Waals surface area contributed by atoms with Gasteiger partial charge in [-0.2, -0.15) is 4.98 Å². The highest BCUT2D eigenvalue weighted by Crippen LogP contribution is 2.48. The van der Waals surface area contributed by atoms with E-state index in [1.165, 1.54) is 11.8 Å². The molecular weight excluding hydrogens is 716 g/mol. The fourth-order valence-electron chi connectivity index (χ4n) is 5.49. The van der Waals surface area contributed by atoms with E-state index in [0.717, 1.165) is 37.8 Å². The van der Waals surface area contributed by atoms with Gasteiger partial charge >= 0.3 is 0 Å². The van der Waals surface area contributed by atoms with Crippen LogP contribution in [-0.2, 0) is 17.2 Å². The Hall–Kier alpha value is -2.79. The molecule has 2 heterocycles. The van der Waals surface area contributed by atoms with Crippen molar-refractivity contribution in [2.75, 3.05) is 12.4 Å². The third-order valence-corrected chi connectivity index (χ3v) is 9.86. The van der Waals surface area contributed by atoms with Crippen LogP contribution in [0.2, 0.25) is 5.02 Å². The fourth-order valence-corrected chi connectivity index (χ4v) is 7.44. The van der Waals surface area contributed by atoms with E-state index in [1.54, 1.807) is 7.11 Å². The number of rotatable bonds is 8. The van der Waals surface area contributed by atoms with Gasteiger partial charge in [0.1, 0.15) is 12.6 Å². The maximum absolute atomic E-state index is 13.7. The van der Waals surface area contributed by atoms with Gasteiger partial charge in [0.25, 0.3) is 0 Å². The van der Waals surface area contributed by atoms with E-state index < -0.39 is 6.04 Å². The van der Waals surface area contributed by atoms with Gasteiger partial charge in [-0.25, -0.2) is 4.68 Å². The quantitative estimate of drug-likeness (QED) is 0.181. The van der Waals surface area contributed by atoms with Crippen LogP contribution in [0.15, 0.2) is 86.0 Å². The maximum atomic E-state index is 13.7. The minimum Gasteiger partial charge on any atom is -0.493 e. The molecule has 11 heteroatoms. The second kappa shape index (κ2) is 12.3. The van der Waals surface area contributed by atoms with Gasteiger partial charge in [0.15, 0.2) is 17.3 Å². The molecule has 0 fully saturated rings. The molecule has 1 aliphatic carbocycles. The lowest BCUT2D eigenvalue weighted by molar-refractivity contribution is -0.118. The molecule has 0 bridgehead atoms. The molecule has 1 unspecified atom stereocenters. The predicted molar refractivity (Wildman–Crippen MR) is 177 cm³/mol. The Labute approximate surface area is 276 Å². The highest BCUT2D eigenvalue weighted by molar-refractivity contribution is 9.10. The molecule has 1 aliphatic heterocycles. The van der Waals surface area contributed by atoms with Crippen LogP contribution in [-0.4, -0.2) is 27.7 Å². The van der Waals surface area contributed by atoms with E-state index in [0.29, 0.717) is 52.0 Å². The molecule has 1 aromatic heterocycles. The zero-order valence-electron chi connectivity index (χ0n) is 23.8. The predicted octanol–water partition coefficient (Wildman–Crippen LogP) is 8.99. The van der Waals surface area contributed by atoms with Crippen molar-refractivity contribution in [3.05, 3.63) is 103 Å². The molecule has 4 aromatic rings. The van der Waals surface area contributed by atoms with Crippen molar-refractivity contribution in [3.63, 3.8) is 0 Å². The van der Waals surface area contributed by atoms with Crippen molar-refractivity contribution in [1.82, 2.24) is 14.8 Å². The SMILES string of the molecule is COc1cc(C2C3=C(CC(C)(C)CC3=O)Nc3nc(SCc4ccccc4Cl)nn32)cc(Br)c1OCc1ccc(Br)cc1. The van der Waals surface area contributed by atoms with Gasteiger partial charge in [-0.1, -0.05) is 83.5 Å². The zero-order chi connectivity index (χ0) is 30.3. The largest absolute Gasteiger partial charge is 0.493 e. The van der Waals surface area contributed by atoms with E-state index in [9.17, 15) is 4.79 Å². The van der Waals surface area contributed by atoms with E-state index in [-0.39, 0.29) is 11.2 Å². The summed E-state index contributed by atoms with van der Waals surface area (Å²) < 4.78 is 15.6. The summed E-state index contributed by atoms with van der Waals surface area (Å²) >= 11 is 15.1. The molecule has 1 atom stereocenters. The van der Waals surface area contributed by atoms with Gasteiger partial charge in [-0.15, -0.1) is 5.10 Å². The number of benzene rings is 3. The number of anilines is 1. The lowest BCUT2D eigenvalue weighted by atomic mass is 9.73. The minimum absolute atomic E-state index is 0.0980. The van der Waals surface area contributed by atoms with E-state index >= 15 is 0 Å². The molecule has 6 rings (SSSR count). The smallest absolute Gasteiger partial charge is 0.227 e. The van der Waals surface area contributed by atoms with Crippen LogP contribution in [0, 0.1) is 5.41 Å². The van der Waals surface area contributed by atoms with Gasteiger partial charge in [-0.05, 0) is 74.8 Å². The zero-order valence-corrected chi connectivity index (χ0v) is 28.5. The molecule has 7 nitrogen and oxygen atoms in total. The number of hydrogen-bond acceptors (Lipinski definition) is 7. The number of methoxy groups -OCH3 is 1. The molecule has 3 aromatic carbocycles. The summed E-state index contributed by atoms with van der Waals surface area (Å²) in [4.78, 5) is 18.6.